The Kier molecular flexibility index (Phi) is 6.15. The number of rotatable bonds is 6. The van der Waals surface area contributed by atoms with Crippen LogP contribution in [-0.2, 0) is 0 Å². The number of aliphatic hydroxyl groups is 1. The van der Waals surface area contributed by atoms with Gasteiger partial charge in [-0.15, -0.1) is 0 Å². The molecule has 1 rings (SSSR count). The van der Waals surface area contributed by atoms with Gasteiger partial charge in [0.15, 0.2) is 6.35 Å². The van der Waals surface area contributed by atoms with Crippen LogP contribution in [0.5, 0.6) is 0 Å². The summed E-state index contributed by atoms with van der Waals surface area (Å²) in [6, 6.07) is 0.521. The summed E-state index contributed by atoms with van der Waals surface area (Å²) in [4.78, 5) is 0. The predicted octanol–water partition coefficient (Wildman–Crippen LogP) is 1.57. The predicted molar refractivity (Wildman–Crippen MR) is 58.9 cm³/mol. The molecule has 0 radical (unpaired) electrons. The lowest BCUT2D eigenvalue weighted by molar-refractivity contribution is 0.0810. The monoisotopic (exact) mass is 200 g/mol. The zero-order valence-electron chi connectivity index (χ0n) is 9.26. The number of unbranched alkanes of at least 4 members (excludes halogenated alkanes) is 1. The van der Waals surface area contributed by atoms with Crippen molar-refractivity contribution in [3.63, 3.8) is 0 Å². The van der Waals surface area contributed by atoms with E-state index in [1.165, 1.54) is 38.5 Å². The van der Waals surface area contributed by atoms with Gasteiger partial charge in [-0.25, -0.2) is 0 Å². The summed E-state index contributed by atoms with van der Waals surface area (Å²) in [5, 5.41) is 15.9. The molecular weight excluding hydrogens is 176 g/mol. The van der Waals surface area contributed by atoms with Gasteiger partial charge in [0.1, 0.15) is 0 Å². The van der Waals surface area contributed by atoms with E-state index in [9.17, 15) is 5.11 Å². The molecule has 0 aliphatic heterocycles. The molecule has 1 fully saturated rings. The van der Waals surface area contributed by atoms with Crippen LogP contribution in [0.2, 0.25) is 0 Å². The molecule has 1 aliphatic rings. The second-order valence-electron chi connectivity index (χ2n) is 4.21. The van der Waals surface area contributed by atoms with Crippen LogP contribution in [0, 0.1) is 0 Å². The van der Waals surface area contributed by atoms with E-state index in [2.05, 4.69) is 17.6 Å². The molecule has 0 aromatic rings. The van der Waals surface area contributed by atoms with Crippen molar-refractivity contribution in [3.8, 4) is 0 Å². The topological polar surface area (TPSA) is 44.3 Å². The summed E-state index contributed by atoms with van der Waals surface area (Å²) in [5.41, 5.74) is 0. The van der Waals surface area contributed by atoms with Crippen molar-refractivity contribution in [1.82, 2.24) is 10.6 Å². The molecule has 1 saturated carbocycles. The first kappa shape index (κ1) is 12.0. The van der Waals surface area contributed by atoms with Gasteiger partial charge >= 0.3 is 0 Å². The SMILES string of the molecule is CCCCNC(O)NC1CCCCC1. The molecule has 0 amide bonds. The van der Waals surface area contributed by atoms with Gasteiger partial charge < -0.3 is 5.11 Å². The third-order valence-electron chi connectivity index (χ3n) is 2.87. The van der Waals surface area contributed by atoms with Crippen LogP contribution in [0.1, 0.15) is 51.9 Å². The fraction of sp³-hybridized carbons (Fsp3) is 1.00. The van der Waals surface area contributed by atoms with E-state index < -0.39 is 6.35 Å². The molecule has 0 bridgehead atoms. The van der Waals surface area contributed by atoms with Crippen LogP contribution in [0.4, 0.5) is 0 Å². The average molecular weight is 200 g/mol. The van der Waals surface area contributed by atoms with Gasteiger partial charge in [-0.2, -0.15) is 0 Å². The third kappa shape index (κ3) is 4.94. The second-order valence-corrected chi connectivity index (χ2v) is 4.21. The zero-order valence-corrected chi connectivity index (χ0v) is 9.26. The van der Waals surface area contributed by atoms with Crippen molar-refractivity contribution >= 4 is 0 Å². The number of aliphatic hydroxyl groups excluding tert-OH is 1. The quantitative estimate of drug-likeness (QED) is 0.450. The molecule has 3 N–H and O–H groups in total. The minimum absolute atomic E-state index is 0.510. The van der Waals surface area contributed by atoms with E-state index in [1.807, 2.05) is 0 Å². The van der Waals surface area contributed by atoms with Crippen LogP contribution in [-0.4, -0.2) is 24.0 Å². The van der Waals surface area contributed by atoms with Gasteiger partial charge in [0.2, 0.25) is 0 Å². The Balaban J connectivity index is 2.03. The van der Waals surface area contributed by atoms with Crippen LogP contribution >= 0.6 is 0 Å². The third-order valence-corrected chi connectivity index (χ3v) is 2.87. The van der Waals surface area contributed by atoms with Crippen LogP contribution < -0.4 is 10.6 Å². The summed E-state index contributed by atoms with van der Waals surface area (Å²) in [7, 11) is 0. The molecule has 0 aromatic carbocycles. The second kappa shape index (κ2) is 7.21. The van der Waals surface area contributed by atoms with E-state index in [0.29, 0.717) is 6.04 Å². The highest BCUT2D eigenvalue weighted by Crippen LogP contribution is 2.17. The summed E-state index contributed by atoms with van der Waals surface area (Å²) in [5.74, 6) is 0. The first-order valence-electron chi connectivity index (χ1n) is 6.00. The fourth-order valence-electron chi connectivity index (χ4n) is 1.97. The normalized spacial score (nSPS) is 21.0. The first-order chi connectivity index (χ1) is 6.83. The molecule has 0 saturated heterocycles. The molecule has 0 aromatic heterocycles. The molecule has 1 aliphatic carbocycles. The van der Waals surface area contributed by atoms with Crippen molar-refractivity contribution in [2.45, 2.75) is 64.3 Å². The maximum absolute atomic E-state index is 9.61. The highest BCUT2D eigenvalue weighted by molar-refractivity contribution is 4.72. The molecular formula is C11H24N2O. The Labute approximate surface area is 87.3 Å². The fourth-order valence-corrected chi connectivity index (χ4v) is 1.97. The smallest absolute Gasteiger partial charge is 0.160 e. The van der Waals surface area contributed by atoms with Crippen LogP contribution in [0.25, 0.3) is 0 Å². The van der Waals surface area contributed by atoms with Crippen molar-refractivity contribution in [3.05, 3.63) is 0 Å². The maximum atomic E-state index is 9.61. The maximum Gasteiger partial charge on any atom is 0.160 e. The van der Waals surface area contributed by atoms with E-state index in [0.717, 1.165) is 13.0 Å². The summed E-state index contributed by atoms with van der Waals surface area (Å²) < 4.78 is 0. The average Bonchev–Trinajstić information content (AvgIpc) is 2.20. The van der Waals surface area contributed by atoms with E-state index in [-0.39, 0.29) is 0 Å². The van der Waals surface area contributed by atoms with Gasteiger partial charge in [-0.05, 0) is 25.8 Å². The Morgan fingerprint density at radius 3 is 2.64 bits per heavy atom. The summed E-state index contributed by atoms with van der Waals surface area (Å²) in [6.07, 6.45) is 8.19. The Morgan fingerprint density at radius 1 is 1.29 bits per heavy atom. The number of nitrogens with one attached hydrogen (secondary N) is 2. The van der Waals surface area contributed by atoms with E-state index in [4.69, 9.17) is 0 Å². The molecule has 3 heteroatoms. The lowest BCUT2D eigenvalue weighted by Gasteiger charge is -2.26. The molecule has 0 spiro atoms. The summed E-state index contributed by atoms with van der Waals surface area (Å²) in [6.45, 7) is 3.06. The molecule has 84 valence electrons. The van der Waals surface area contributed by atoms with Gasteiger partial charge in [0.25, 0.3) is 0 Å². The van der Waals surface area contributed by atoms with Crippen molar-refractivity contribution in [2.24, 2.45) is 0 Å². The lowest BCUT2D eigenvalue weighted by atomic mass is 9.96. The van der Waals surface area contributed by atoms with E-state index in [1.54, 1.807) is 0 Å². The molecule has 1 atom stereocenters. The van der Waals surface area contributed by atoms with Crippen molar-refractivity contribution in [2.75, 3.05) is 6.54 Å². The van der Waals surface area contributed by atoms with Gasteiger partial charge in [0.05, 0.1) is 0 Å². The highest BCUT2D eigenvalue weighted by atomic mass is 16.3. The van der Waals surface area contributed by atoms with Crippen LogP contribution in [0.15, 0.2) is 0 Å². The Bertz CT molecular complexity index is 135. The standard InChI is InChI=1S/C11H24N2O/c1-2-3-9-12-11(14)13-10-7-5-4-6-8-10/h10-14H,2-9H2,1H3. The van der Waals surface area contributed by atoms with Gasteiger partial charge in [-0.1, -0.05) is 32.6 Å². The number of hydrogen-bond acceptors (Lipinski definition) is 3. The van der Waals surface area contributed by atoms with Gasteiger partial charge in [-0.3, -0.25) is 10.6 Å². The van der Waals surface area contributed by atoms with Crippen molar-refractivity contribution in [1.29, 1.82) is 0 Å². The molecule has 14 heavy (non-hydrogen) atoms. The Morgan fingerprint density at radius 2 is 2.00 bits per heavy atom. The minimum atomic E-state index is -0.510. The van der Waals surface area contributed by atoms with E-state index >= 15 is 0 Å². The first-order valence-corrected chi connectivity index (χ1v) is 6.00. The molecule has 0 heterocycles. The van der Waals surface area contributed by atoms with Crippen LogP contribution in [0.3, 0.4) is 0 Å². The van der Waals surface area contributed by atoms with Gasteiger partial charge in [0, 0.05) is 6.04 Å². The largest absolute Gasteiger partial charge is 0.365 e. The number of hydrogen-bond donors (Lipinski definition) is 3. The highest BCUT2D eigenvalue weighted by Gasteiger charge is 2.15. The lowest BCUT2D eigenvalue weighted by Crippen LogP contribution is -2.48. The Hall–Kier alpha value is -0.120. The van der Waals surface area contributed by atoms with Crippen molar-refractivity contribution < 1.29 is 5.11 Å². The molecule has 1 unspecified atom stereocenters. The minimum Gasteiger partial charge on any atom is -0.365 e. The zero-order chi connectivity index (χ0) is 10.2. The summed E-state index contributed by atoms with van der Waals surface area (Å²) >= 11 is 0. The molecule has 3 nitrogen and oxygen atoms in total.